The second kappa shape index (κ2) is 48.2. The van der Waals surface area contributed by atoms with Gasteiger partial charge in [-0.1, -0.05) is 136 Å². The Morgan fingerprint density at radius 1 is 0.537 bits per heavy atom. The Bertz CT molecular complexity index is 722. The van der Waals surface area contributed by atoms with Crippen LogP contribution in [0.2, 0.25) is 0 Å². The average Bonchev–Trinajstić information content (AvgIpc) is 3.18. The topological polar surface area (TPSA) is 149 Å². The molecule has 0 aromatic carbocycles. The molecule has 8 N–H and O–H groups in total. The van der Waals surface area contributed by atoms with Crippen LogP contribution in [0.5, 0.6) is 0 Å². The molecule has 10 heteroatoms. The van der Waals surface area contributed by atoms with Gasteiger partial charge in [0.1, 0.15) is 12.6 Å². The lowest BCUT2D eigenvalue weighted by molar-refractivity contribution is -0.110. The van der Waals surface area contributed by atoms with E-state index in [1.165, 1.54) is 180 Å². The van der Waals surface area contributed by atoms with Gasteiger partial charge >= 0.3 is 0 Å². The zero-order valence-corrected chi connectivity index (χ0v) is 36.3. The minimum Gasteiger partial charge on any atom is -0.394 e. The second-order valence-corrected chi connectivity index (χ2v) is 15.6. The molecule has 0 fully saturated rings. The fourth-order valence-electron chi connectivity index (χ4n) is 6.78. The van der Waals surface area contributed by atoms with Crippen LogP contribution in [0.3, 0.4) is 0 Å². The van der Waals surface area contributed by atoms with E-state index in [9.17, 15) is 14.7 Å². The van der Waals surface area contributed by atoms with Gasteiger partial charge in [0.25, 0.3) is 0 Å². The van der Waals surface area contributed by atoms with E-state index < -0.39 is 6.04 Å². The molecule has 0 heterocycles. The van der Waals surface area contributed by atoms with Gasteiger partial charge in [0.2, 0.25) is 0 Å². The maximum atomic E-state index is 10.9. The largest absolute Gasteiger partial charge is 0.394 e. The lowest BCUT2D eigenvalue weighted by Crippen LogP contribution is -2.44. The molecule has 0 rings (SSSR count). The van der Waals surface area contributed by atoms with Crippen LogP contribution in [0.15, 0.2) is 0 Å². The highest BCUT2D eigenvalue weighted by atomic mass is 16.3. The van der Waals surface area contributed by atoms with Gasteiger partial charge in [-0.15, -0.1) is 0 Å². The number of rotatable bonds is 44. The summed E-state index contributed by atoms with van der Waals surface area (Å²) in [5.41, 5.74) is 16.6. The van der Waals surface area contributed by atoms with Crippen molar-refractivity contribution in [3.63, 3.8) is 0 Å². The number of aldehydes is 2. The molecule has 0 saturated carbocycles. The first-order valence-electron chi connectivity index (χ1n) is 23.1. The Hall–Kier alpha value is -0.980. The van der Waals surface area contributed by atoms with Crippen LogP contribution in [0.4, 0.5) is 0 Å². The number of carbonyl (C=O) groups is 2. The highest BCUT2D eigenvalue weighted by molar-refractivity contribution is 5.57. The van der Waals surface area contributed by atoms with E-state index in [4.69, 9.17) is 11.5 Å². The molecular weight excluding hydrogens is 675 g/mol. The highest BCUT2D eigenvalue weighted by Gasteiger charge is 2.09. The van der Waals surface area contributed by atoms with Crippen molar-refractivity contribution in [3.8, 4) is 0 Å². The summed E-state index contributed by atoms with van der Waals surface area (Å²) < 4.78 is 0. The Kier molecular flexibility index (Phi) is 49.2. The summed E-state index contributed by atoms with van der Waals surface area (Å²) in [5, 5.41) is 12.5. The number of hydrazine groups is 1. The summed E-state index contributed by atoms with van der Waals surface area (Å²) in [6, 6.07) is -0.805. The van der Waals surface area contributed by atoms with Crippen LogP contribution in [-0.4, -0.2) is 112 Å². The molecule has 2 atom stereocenters. The number of carbonyl (C=O) groups excluding carboxylic acids is 2. The van der Waals surface area contributed by atoms with Gasteiger partial charge in [-0.05, 0) is 111 Å². The first-order valence-corrected chi connectivity index (χ1v) is 23.1. The molecule has 0 bridgehead atoms. The van der Waals surface area contributed by atoms with Crippen molar-refractivity contribution in [3.05, 3.63) is 0 Å². The highest BCUT2D eigenvalue weighted by Crippen LogP contribution is 2.13. The van der Waals surface area contributed by atoms with Crippen LogP contribution in [-0.2, 0) is 9.59 Å². The SMILES string of the molecule is CCCCCCCCCCCCN(CCCCN(CCCCCCCCCCCC)CCCNN[C@@H](C=O)CO)CCCNC.NCCCC[C@@H](N)C=O. The van der Waals surface area contributed by atoms with Crippen molar-refractivity contribution in [1.29, 1.82) is 0 Å². The van der Waals surface area contributed by atoms with Crippen LogP contribution >= 0.6 is 0 Å². The molecule has 0 amide bonds. The molecule has 10 nitrogen and oxygen atoms in total. The van der Waals surface area contributed by atoms with Crippen molar-refractivity contribution >= 4 is 12.6 Å². The van der Waals surface area contributed by atoms with Crippen molar-refractivity contribution in [1.82, 2.24) is 26.0 Å². The number of nitrogens with one attached hydrogen (secondary N) is 3. The zero-order chi connectivity index (χ0) is 40.0. The third kappa shape index (κ3) is 43.7. The summed E-state index contributed by atoms with van der Waals surface area (Å²) in [6.07, 6.45) is 36.9. The van der Waals surface area contributed by atoms with E-state index in [2.05, 4.69) is 46.9 Å². The van der Waals surface area contributed by atoms with Gasteiger partial charge < -0.3 is 41.3 Å². The van der Waals surface area contributed by atoms with E-state index in [1.54, 1.807) is 0 Å². The molecule has 0 aliphatic rings. The van der Waals surface area contributed by atoms with E-state index in [0.717, 1.165) is 57.9 Å². The third-order valence-electron chi connectivity index (χ3n) is 10.3. The molecular formula is C44H95N7O3. The predicted molar refractivity (Wildman–Crippen MR) is 234 cm³/mol. The second-order valence-electron chi connectivity index (χ2n) is 15.6. The molecule has 324 valence electrons. The van der Waals surface area contributed by atoms with Gasteiger partial charge in [0.05, 0.1) is 18.7 Å². The molecule has 0 saturated heterocycles. The third-order valence-corrected chi connectivity index (χ3v) is 10.3. The number of aliphatic hydroxyl groups excluding tert-OH is 1. The lowest BCUT2D eigenvalue weighted by Gasteiger charge is -2.25. The summed E-state index contributed by atoms with van der Waals surface area (Å²) in [6.45, 7) is 14.2. The predicted octanol–water partition coefficient (Wildman–Crippen LogP) is 7.51. The molecule has 54 heavy (non-hydrogen) atoms. The molecule has 0 aromatic rings. The summed E-state index contributed by atoms with van der Waals surface area (Å²) in [7, 11) is 2.06. The van der Waals surface area contributed by atoms with E-state index in [1.807, 2.05) is 0 Å². The number of nitrogens with zero attached hydrogens (tertiary/aromatic N) is 2. The van der Waals surface area contributed by atoms with Gasteiger partial charge in [-0.25, -0.2) is 5.43 Å². The van der Waals surface area contributed by atoms with Crippen LogP contribution in [0, 0.1) is 0 Å². The molecule has 0 radical (unpaired) electrons. The van der Waals surface area contributed by atoms with Crippen LogP contribution < -0.4 is 27.6 Å². The number of nitrogens with two attached hydrogens (primary N) is 2. The van der Waals surface area contributed by atoms with Gasteiger partial charge in [-0.2, -0.15) is 0 Å². The standard InChI is InChI=1S/C38H81N5O2.C6H14N2O/c1-4-6-8-10-12-14-16-18-20-22-30-42(34-26-28-39-3)32-24-25-33-43(35-27-29-40-41-38(36-44)37-45)31-23-21-19-17-15-13-11-9-7-5-2;7-4-2-1-3-6(8)5-9/h36,38-41,45H,4-35,37H2,1-3H3;5-6H,1-4,7-8H2/t38-;6-/m01/s1. The summed E-state index contributed by atoms with van der Waals surface area (Å²) in [5.74, 6) is 0. The van der Waals surface area contributed by atoms with E-state index in [0.29, 0.717) is 6.54 Å². The van der Waals surface area contributed by atoms with E-state index in [-0.39, 0.29) is 12.6 Å². The maximum Gasteiger partial charge on any atom is 0.140 e. The Labute approximate surface area is 335 Å². The van der Waals surface area contributed by atoms with Crippen molar-refractivity contribution in [2.75, 3.05) is 72.6 Å². The number of aliphatic hydroxyl groups is 1. The van der Waals surface area contributed by atoms with Gasteiger partial charge in [0.15, 0.2) is 0 Å². The van der Waals surface area contributed by atoms with Crippen molar-refractivity contribution in [2.45, 2.75) is 199 Å². The lowest BCUT2D eigenvalue weighted by atomic mass is 10.1. The fourth-order valence-corrected chi connectivity index (χ4v) is 6.78. The Morgan fingerprint density at radius 2 is 0.926 bits per heavy atom. The molecule has 0 aliphatic heterocycles. The van der Waals surface area contributed by atoms with Gasteiger partial charge in [0, 0.05) is 6.54 Å². The number of hydrogen-bond donors (Lipinski definition) is 6. The monoisotopic (exact) mass is 770 g/mol. The minimum atomic E-state index is -0.524. The fraction of sp³-hybridized carbons (Fsp3) is 0.955. The minimum absolute atomic E-state index is 0.174. The normalized spacial score (nSPS) is 12.6. The molecule has 0 aliphatic carbocycles. The van der Waals surface area contributed by atoms with Crippen LogP contribution in [0.25, 0.3) is 0 Å². The van der Waals surface area contributed by atoms with Crippen LogP contribution in [0.1, 0.15) is 187 Å². The molecule has 0 spiro atoms. The smallest absolute Gasteiger partial charge is 0.140 e. The van der Waals surface area contributed by atoms with Gasteiger partial charge in [-0.3, -0.25) is 5.43 Å². The molecule has 0 aromatic heterocycles. The van der Waals surface area contributed by atoms with Crippen molar-refractivity contribution in [2.24, 2.45) is 11.5 Å². The van der Waals surface area contributed by atoms with E-state index >= 15 is 0 Å². The summed E-state index contributed by atoms with van der Waals surface area (Å²) >= 11 is 0. The first-order chi connectivity index (χ1) is 26.5. The summed E-state index contributed by atoms with van der Waals surface area (Å²) in [4.78, 5) is 26.3. The molecule has 0 unspecified atom stereocenters. The Morgan fingerprint density at radius 3 is 1.30 bits per heavy atom. The number of unbranched alkanes of at least 4 members (excludes halogenated alkanes) is 20. The van der Waals surface area contributed by atoms with Crippen molar-refractivity contribution < 1.29 is 14.7 Å². The quantitative estimate of drug-likeness (QED) is 0.0209. The maximum absolute atomic E-state index is 10.9. The Balaban J connectivity index is 0. The number of hydrogen-bond acceptors (Lipinski definition) is 10. The first kappa shape index (κ1) is 55.1. The average molecular weight is 770 g/mol. The zero-order valence-electron chi connectivity index (χ0n) is 36.3.